The third-order valence-corrected chi connectivity index (χ3v) is 7.89. The van der Waals surface area contributed by atoms with Gasteiger partial charge in [-0.3, -0.25) is 8.37 Å². The smallest absolute Gasteiger partial charge is 0.297 e. The van der Waals surface area contributed by atoms with Crippen molar-refractivity contribution in [3.05, 3.63) is 95.6 Å². The fraction of sp³-hybridized carbons (Fsp3) is 0.308. The molecule has 0 spiro atoms. The maximum absolute atomic E-state index is 12.6. The van der Waals surface area contributed by atoms with Gasteiger partial charge in [0, 0.05) is 0 Å². The van der Waals surface area contributed by atoms with Crippen LogP contribution in [0.5, 0.6) is 0 Å². The monoisotopic (exact) mass is 518 g/mol. The highest BCUT2D eigenvalue weighted by atomic mass is 32.2. The summed E-state index contributed by atoms with van der Waals surface area (Å²) in [5.41, 5.74) is 2.81. The first-order valence-corrected chi connectivity index (χ1v) is 14.0. The molecule has 0 aliphatic heterocycles. The number of benzene rings is 3. The number of aryl methyl sites for hydroxylation is 2. The molecule has 0 amide bonds. The van der Waals surface area contributed by atoms with Gasteiger partial charge in [-0.05, 0) is 56.5 Å². The zero-order valence-electron chi connectivity index (χ0n) is 19.8. The van der Waals surface area contributed by atoms with Crippen molar-refractivity contribution in [3.63, 3.8) is 0 Å². The summed E-state index contributed by atoms with van der Waals surface area (Å²) in [5, 5.41) is 0. The molecule has 0 unspecified atom stereocenters. The fourth-order valence-corrected chi connectivity index (χ4v) is 5.07. The first-order valence-electron chi connectivity index (χ1n) is 11.2. The minimum Gasteiger partial charge on any atom is -0.371 e. The van der Waals surface area contributed by atoms with Crippen LogP contribution in [0.15, 0.2) is 88.7 Å². The molecule has 35 heavy (non-hydrogen) atoms. The zero-order valence-corrected chi connectivity index (χ0v) is 21.4. The van der Waals surface area contributed by atoms with E-state index in [0.29, 0.717) is 12.8 Å². The van der Waals surface area contributed by atoms with E-state index in [4.69, 9.17) is 13.1 Å². The summed E-state index contributed by atoms with van der Waals surface area (Å²) in [6.07, 6.45) is 0.0964. The Hall–Kier alpha value is -2.56. The first kappa shape index (κ1) is 27.0. The van der Waals surface area contributed by atoms with E-state index in [1.54, 1.807) is 24.3 Å². The SMILES string of the molecule is Cc1ccc(S(=O)(=O)OCCC[C@@H](COS(=O)(=O)c2ccc(C)cc2)OCc2ccccc2)cc1. The van der Waals surface area contributed by atoms with Crippen molar-refractivity contribution < 1.29 is 29.9 Å². The first-order chi connectivity index (χ1) is 16.7. The average Bonchev–Trinajstić information content (AvgIpc) is 2.84. The van der Waals surface area contributed by atoms with Gasteiger partial charge in [-0.1, -0.05) is 65.7 Å². The summed E-state index contributed by atoms with van der Waals surface area (Å²) in [6.45, 7) is 3.74. The largest absolute Gasteiger partial charge is 0.371 e. The van der Waals surface area contributed by atoms with Gasteiger partial charge in [-0.15, -0.1) is 0 Å². The van der Waals surface area contributed by atoms with Crippen LogP contribution >= 0.6 is 0 Å². The zero-order chi connectivity index (χ0) is 25.3. The molecule has 3 rings (SSSR count). The Morgan fingerprint density at radius 1 is 0.686 bits per heavy atom. The highest BCUT2D eigenvalue weighted by molar-refractivity contribution is 7.87. The molecule has 0 saturated carbocycles. The summed E-state index contributed by atoms with van der Waals surface area (Å²) < 4.78 is 66.3. The number of hydrogen-bond acceptors (Lipinski definition) is 7. The molecule has 0 aliphatic rings. The van der Waals surface area contributed by atoms with Gasteiger partial charge in [-0.2, -0.15) is 16.8 Å². The Kier molecular flexibility index (Phi) is 9.59. The minimum atomic E-state index is -3.96. The average molecular weight is 519 g/mol. The Labute approximate surface area is 207 Å². The molecular formula is C26H30O7S2. The Bertz CT molecular complexity index is 1270. The summed E-state index contributed by atoms with van der Waals surface area (Å²) in [5.74, 6) is 0. The molecule has 9 heteroatoms. The summed E-state index contributed by atoms with van der Waals surface area (Å²) in [4.78, 5) is 0.157. The predicted molar refractivity (Wildman–Crippen MR) is 133 cm³/mol. The van der Waals surface area contributed by atoms with Gasteiger partial charge < -0.3 is 4.74 Å². The third-order valence-electron chi connectivity index (χ3n) is 5.27. The third kappa shape index (κ3) is 8.55. The van der Waals surface area contributed by atoms with Crippen LogP contribution in [0.2, 0.25) is 0 Å². The lowest BCUT2D eigenvalue weighted by molar-refractivity contribution is 0.00327. The lowest BCUT2D eigenvalue weighted by Crippen LogP contribution is -2.23. The van der Waals surface area contributed by atoms with Crippen LogP contribution < -0.4 is 0 Å². The van der Waals surface area contributed by atoms with Gasteiger partial charge in [0.25, 0.3) is 20.2 Å². The van der Waals surface area contributed by atoms with Crippen LogP contribution in [0.1, 0.15) is 29.5 Å². The van der Waals surface area contributed by atoms with Crippen molar-refractivity contribution in [2.75, 3.05) is 13.2 Å². The van der Waals surface area contributed by atoms with Crippen molar-refractivity contribution in [2.24, 2.45) is 0 Å². The number of hydrogen-bond donors (Lipinski definition) is 0. The van der Waals surface area contributed by atoms with Crippen LogP contribution in [0, 0.1) is 13.8 Å². The Balaban J connectivity index is 1.58. The number of ether oxygens (including phenoxy) is 1. The molecular weight excluding hydrogens is 488 g/mol. The molecule has 0 aromatic heterocycles. The molecule has 188 valence electrons. The summed E-state index contributed by atoms with van der Waals surface area (Å²) >= 11 is 0. The van der Waals surface area contributed by atoms with E-state index >= 15 is 0 Å². The van der Waals surface area contributed by atoms with Gasteiger partial charge >= 0.3 is 0 Å². The van der Waals surface area contributed by atoms with Gasteiger partial charge in [0.2, 0.25) is 0 Å². The molecule has 0 fully saturated rings. The quantitative estimate of drug-likeness (QED) is 0.237. The van der Waals surface area contributed by atoms with Gasteiger partial charge in [0.15, 0.2) is 0 Å². The number of rotatable bonds is 13. The molecule has 0 heterocycles. The van der Waals surface area contributed by atoms with Crippen molar-refractivity contribution in [3.8, 4) is 0 Å². The van der Waals surface area contributed by atoms with E-state index in [9.17, 15) is 16.8 Å². The van der Waals surface area contributed by atoms with Crippen LogP contribution in [0.25, 0.3) is 0 Å². The minimum absolute atomic E-state index is 0.0634. The second-order valence-corrected chi connectivity index (χ2v) is 11.4. The maximum atomic E-state index is 12.6. The van der Waals surface area contributed by atoms with E-state index < -0.39 is 26.3 Å². The molecule has 0 N–H and O–H groups in total. The van der Waals surface area contributed by atoms with Crippen LogP contribution in [-0.4, -0.2) is 36.2 Å². The lowest BCUT2D eigenvalue weighted by Gasteiger charge is -2.18. The van der Waals surface area contributed by atoms with Crippen LogP contribution in [-0.2, 0) is 39.9 Å². The van der Waals surface area contributed by atoms with Crippen molar-refractivity contribution in [1.82, 2.24) is 0 Å². The van der Waals surface area contributed by atoms with Crippen molar-refractivity contribution in [1.29, 1.82) is 0 Å². The summed E-state index contributed by atoms with van der Waals surface area (Å²) in [7, 11) is -7.83. The van der Waals surface area contributed by atoms with E-state index in [1.165, 1.54) is 24.3 Å². The molecule has 0 aliphatic carbocycles. The molecule has 1 atom stereocenters. The fourth-order valence-electron chi connectivity index (χ4n) is 3.19. The van der Waals surface area contributed by atoms with Gasteiger partial charge in [0.1, 0.15) is 0 Å². The van der Waals surface area contributed by atoms with Crippen molar-refractivity contribution >= 4 is 20.2 Å². The van der Waals surface area contributed by atoms with E-state index in [1.807, 2.05) is 44.2 Å². The second kappa shape index (κ2) is 12.4. The van der Waals surface area contributed by atoms with Crippen LogP contribution in [0.3, 0.4) is 0 Å². The van der Waals surface area contributed by atoms with E-state index in [2.05, 4.69) is 0 Å². The van der Waals surface area contributed by atoms with Crippen LogP contribution in [0.4, 0.5) is 0 Å². The standard InChI is InChI=1S/C26H30O7S2/c1-21-10-14-25(15-11-21)34(27,28)32-18-6-9-24(31-19-23-7-4-3-5-8-23)20-33-35(29,30)26-16-12-22(2)13-17-26/h3-5,7-8,10-17,24H,6,9,18-20H2,1-2H3/t24-/m0/s1. The Morgan fingerprint density at radius 2 is 1.20 bits per heavy atom. The van der Waals surface area contributed by atoms with E-state index in [0.717, 1.165) is 16.7 Å². The topological polar surface area (TPSA) is 96.0 Å². The molecule has 7 nitrogen and oxygen atoms in total. The lowest BCUT2D eigenvalue weighted by atomic mass is 10.2. The molecule has 0 radical (unpaired) electrons. The second-order valence-electron chi connectivity index (χ2n) is 8.20. The maximum Gasteiger partial charge on any atom is 0.297 e. The van der Waals surface area contributed by atoms with E-state index in [-0.39, 0.29) is 29.6 Å². The molecule has 3 aromatic carbocycles. The van der Waals surface area contributed by atoms with Crippen molar-refractivity contribution in [2.45, 2.75) is 49.2 Å². The highest BCUT2D eigenvalue weighted by Gasteiger charge is 2.20. The molecule has 0 saturated heterocycles. The van der Waals surface area contributed by atoms with Gasteiger partial charge in [0.05, 0.1) is 35.7 Å². The summed E-state index contributed by atoms with van der Waals surface area (Å²) in [6, 6.07) is 22.3. The predicted octanol–water partition coefficient (Wildman–Crippen LogP) is 4.78. The molecule has 3 aromatic rings. The normalized spacial score (nSPS) is 13.0. The molecule has 0 bridgehead atoms. The Morgan fingerprint density at radius 3 is 1.74 bits per heavy atom. The van der Waals surface area contributed by atoms with Gasteiger partial charge in [-0.25, -0.2) is 0 Å². The highest BCUT2D eigenvalue weighted by Crippen LogP contribution is 2.17.